The first kappa shape index (κ1) is 29.2. The van der Waals surface area contributed by atoms with E-state index in [1.54, 1.807) is 0 Å². The Morgan fingerprint density at radius 2 is 1.79 bits per heavy atom. The van der Waals surface area contributed by atoms with Crippen LogP contribution in [0.15, 0.2) is 55.0 Å². The summed E-state index contributed by atoms with van der Waals surface area (Å²) < 4.78 is 0. The van der Waals surface area contributed by atoms with Gasteiger partial charge in [-0.25, -0.2) is 0 Å². The van der Waals surface area contributed by atoms with E-state index >= 15 is 0 Å². The van der Waals surface area contributed by atoms with Crippen LogP contribution < -0.4 is 10.6 Å². The van der Waals surface area contributed by atoms with Crippen LogP contribution in [0.5, 0.6) is 0 Å². The normalized spacial score (nSPS) is 17.0. The fourth-order valence-corrected chi connectivity index (χ4v) is 5.99. The van der Waals surface area contributed by atoms with Crippen LogP contribution in [-0.2, 0) is 11.2 Å². The number of amides is 1. The van der Waals surface area contributed by atoms with Crippen molar-refractivity contribution in [3.8, 4) is 0 Å². The molecule has 1 aliphatic carbocycles. The highest BCUT2D eigenvalue weighted by Crippen LogP contribution is 2.29. The Bertz CT molecular complexity index is 1190. The summed E-state index contributed by atoms with van der Waals surface area (Å²) in [5, 5.41) is 9.30. The van der Waals surface area contributed by atoms with Gasteiger partial charge in [0.15, 0.2) is 0 Å². The molecule has 6 nitrogen and oxygen atoms in total. The number of hydrogen-bond donors (Lipinski definition) is 2. The van der Waals surface area contributed by atoms with Crippen molar-refractivity contribution in [1.29, 1.82) is 0 Å². The molecule has 6 heteroatoms. The van der Waals surface area contributed by atoms with Gasteiger partial charge in [0.05, 0.1) is 23.8 Å². The maximum atomic E-state index is 13.9. The third kappa shape index (κ3) is 8.09. The molecular formula is C33H47N5O. The molecule has 0 radical (unpaired) electrons. The predicted octanol–water partition coefficient (Wildman–Crippen LogP) is 6.24. The second kappa shape index (κ2) is 14.0. The van der Waals surface area contributed by atoms with Gasteiger partial charge in [-0.1, -0.05) is 58.0 Å². The van der Waals surface area contributed by atoms with Gasteiger partial charge in [0, 0.05) is 42.6 Å². The van der Waals surface area contributed by atoms with Crippen LogP contribution in [0, 0.1) is 11.8 Å². The van der Waals surface area contributed by atoms with Crippen LogP contribution in [0.2, 0.25) is 0 Å². The molecule has 39 heavy (non-hydrogen) atoms. The van der Waals surface area contributed by atoms with Gasteiger partial charge in [-0.3, -0.25) is 20.1 Å². The minimum atomic E-state index is -0.284. The molecule has 210 valence electrons. The molecule has 2 N–H and O–H groups in total. The lowest BCUT2D eigenvalue weighted by Crippen LogP contribution is -2.47. The predicted molar refractivity (Wildman–Crippen MR) is 160 cm³/mol. The monoisotopic (exact) mass is 529 g/mol. The molecule has 0 aliphatic heterocycles. The molecule has 0 fully saturated rings. The van der Waals surface area contributed by atoms with Crippen LogP contribution in [0.1, 0.15) is 89.2 Å². The summed E-state index contributed by atoms with van der Waals surface area (Å²) in [6, 6.07) is 12.1. The van der Waals surface area contributed by atoms with E-state index in [1.165, 1.54) is 5.56 Å². The van der Waals surface area contributed by atoms with Crippen molar-refractivity contribution in [1.82, 2.24) is 25.5 Å². The molecule has 0 saturated heterocycles. The quantitative estimate of drug-likeness (QED) is 0.274. The van der Waals surface area contributed by atoms with Gasteiger partial charge in [0.2, 0.25) is 5.91 Å². The van der Waals surface area contributed by atoms with Crippen molar-refractivity contribution in [2.24, 2.45) is 11.8 Å². The molecule has 2 heterocycles. The van der Waals surface area contributed by atoms with Crippen molar-refractivity contribution in [3.63, 3.8) is 0 Å². The zero-order valence-corrected chi connectivity index (χ0v) is 24.5. The summed E-state index contributed by atoms with van der Waals surface area (Å²) in [5.41, 5.74) is 3.45. The smallest absolute Gasteiger partial charge is 0.237 e. The number of pyridine rings is 2. The Labute approximate surface area is 235 Å². The summed E-state index contributed by atoms with van der Waals surface area (Å²) in [4.78, 5) is 25.6. The van der Waals surface area contributed by atoms with Gasteiger partial charge < -0.3 is 10.2 Å². The minimum absolute atomic E-state index is 0.0535. The standard InChI is InChI=1S/C33H47N5O/c1-23(2)21-38(22-24(3)4)18-10-16-31(37-30-15-8-12-26-13-9-17-35-32(26)30)33(39)36-25(5)29-20-34-19-27-11-6-7-14-28(27)29/h6-7,9,11,13-14,17,19-20,23-25,30-31,37H,8,10,12,15-16,18,21-22H2,1-5H3,(H,36,39). The molecule has 3 aromatic rings. The van der Waals surface area contributed by atoms with E-state index in [0.717, 1.165) is 73.8 Å². The maximum Gasteiger partial charge on any atom is 0.237 e. The topological polar surface area (TPSA) is 70.2 Å². The van der Waals surface area contributed by atoms with Crippen LogP contribution >= 0.6 is 0 Å². The Kier molecular flexibility index (Phi) is 10.5. The van der Waals surface area contributed by atoms with Crippen LogP contribution in [0.4, 0.5) is 0 Å². The SMILES string of the molecule is CC(C)CN(CCCC(NC1CCCc2cccnc21)C(=O)NC(C)c1cncc2ccccc12)CC(C)C. The molecule has 1 aromatic carbocycles. The van der Waals surface area contributed by atoms with Gasteiger partial charge in [-0.05, 0) is 74.4 Å². The molecular weight excluding hydrogens is 482 g/mol. The maximum absolute atomic E-state index is 13.9. The van der Waals surface area contributed by atoms with Crippen molar-refractivity contribution in [2.75, 3.05) is 19.6 Å². The Morgan fingerprint density at radius 1 is 1.03 bits per heavy atom. The highest BCUT2D eigenvalue weighted by Gasteiger charge is 2.28. The van der Waals surface area contributed by atoms with Crippen LogP contribution in [0.25, 0.3) is 10.8 Å². The molecule has 2 aromatic heterocycles. The summed E-state index contributed by atoms with van der Waals surface area (Å²) in [6.07, 6.45) is 10.6. The molecule has 3 unspecified atom stereocenters. The molecule has 1 amide bonds. The van der Waals surface area contributed by atoms with Crippen molar-refractivity contribution in [2.45, 2.75) is 84.8 Å². The van der Waals surface area contributed by atoms with E-state index in [2.05, 4.69) is 73.3 Å². The van der Waals surface area contributed by atoms with Crippen LogP contribution in [0.3, 0.4) is 0 Å². The number of benzene rings is 1. The molecule has 0 saturated carbocycles. The van der Waals surface area contributed by atoms with Gasteiger partial charge in [0.25, 0.3) is 0 Å². The summed E-state index contributed by atoms with van der Waals surface area (Å²) >= 11 is 0. The van der Waals surface area contributed by atoms with E-state index in [4.69, 9.17) is 4.98 Å². The van der Waals surface area contributed by atoms with Gasteiger partial charge >= 0.3 is 0 Å². The Hall–Kier alpha value is -2.83. The largest absolute Gasteiger partial charge is 0.348 e. The van der Waals surface area contributed by atoms with E-state index < -0.39 is 0 Å². The average molecular weight is 530 g/mol. The molecule has 4 rings (SSSR count). The molecule has 0 bridgehead atoms. The highest BCUT2D eigenvalue weighted by molar-refractivity contribution is 5.87. The number of nitrogens with one attached hydrogen (secondary N) is 2. The van der Waals surface area contributed by atoms with Crippen molar-refractivity contribution in [3.05, 3.63) is 71.8 Å². The fourth-order valence-electron chi connectivity index (χ4n) is 5.99. The van der Waals surface area contributed by atoms with Crippen molar-refractivity contribution >= 4 is 16.7 Å². The third-order valence-corrected chi connectivity index (χ3v) is 7.65. The van der Waals surface area contributed by atoms with Crippen molar-refractivity contribution < 1.29 is 4.79 Å². The molecule has 1 aliphatic rings. The van der Waals surface area contributed by atoms with E-state index in [9.17, 15) is 4.79 Å². The fraction of sp³-hybridized carbons (Fsp3) is 0.545. The number of nitrogens with zero attached hydrogens (tertiary/aromatic N) is 3. The number of aryl methyl sites for hydroxylation is 1. The van der Waals surface area contributed by atoms with E-state index in [1.807, 2.05) is 36.8 Å². The number of hydrogen-bond acceptors (Lipinski definition) is 5. The summed E-state index contributed by atoms with van der Waals surface area (Å²) in [5.74, 6) is 1.31. The van der Waals surface area contributed by atoms with Crippen LogP contribution in [-0.4, -0.2) is 46.5 Å². The summed E-state index contributed by atoms with van der Waals surface area (Å²) in [7, 11) is 0. The van der Waals surface area contributed by atoms with E-state index in [0.29, 0.717) is 11.8 Å². The first-order valence-corrected chi connectivity index (χ1v) is 14.9. The first-order chi connectivity index (χ1) is 18.8. The van der Waals surface area contributed by atoms with E-state index in [-0.39, 0.29) is 24.0 Å². The average Bonchev–Trinajstić information content (AvgIpc) is 2.91. The van der Waals surface area contributed by atoms with Gasteiger partial charge in [-0.2, -0.15) is 0 Å². The zero-order chi connectivity index (χ0) is 27.8. The number of carbonyl (C=O) groups excluding carboxylic acids is 1. The second-order valence-corrected chi connectivity index (χ2v) is 12.1. The molecule has 0 spiro atoms. The number of fused-ring (bicyclic) bond motifs is 2. The second-order valence-electron chi connectivity index (χ2n) is 12.1. The van der Waals surface area contributed by atoms with Gasteiger partial charge in [-0.15, -0.1) is 0 Å². The number of rotatable bonds is 13. The number of carbonyl (C=O) groups is 1. The zero-order valence-electron chi connectivity index (χ0n) is 24.5. The Morgan fingerprint density at radius 3 is 2.56 bits per heavy atom. The summed E-state index contributed by atoms with van der Waals surface area (Å²) in [6.45, 7) is 14.4. The van der Waals surface area contributed by atoms with Gasteiger partial charge in [0.1, 0.15) is 0 Å². The first-order valence-electron chi connectivity index (χ1n) is 14.9. The highest BCUT2D eigenvalue weighted by atomic mass is 16.2. The third-order valence-electron chi connectivity index (χ3n) is 7.65. The lowest BCUT2D eigenvalue weighted by molar-refractivity contribution is -0.124. The molecule has 3 atom stereocenters. The lowest BCUT2D eigenvalue weighted by atomic mass is 9.91. The Balaban J connectivity index is 1.49. The minimum Gasteiger partial charge on any atom is -0.348 e. The number of aromatic nitrogens is 2. The lowest BCUT2D eigenvalue weighted by Gasteiger charge is -2.31.